The van der Waals surface area contributed by atoms with Crippen molar-refractivity contribution in [1.29, 1.82) is 0 Å². The number of halogens is 1. The second-order valence-corrected chi connectivity index (χ2v) is 7.12. The molecule has 140 valence electrons. The monoisotopic (exact) mass is 395 g/mol. The van der Waals surface area contributed by atoms with Gasteiger partial charge >= 0.3 is 5.91 Å². The van der Waals surface area contributed by atoms with Crippen LogP contribution in [-0.2, 0) is 9.59 Å². The maximum atomic E-state index is 13.4. The summed E-state index contributed by atoms with van der Waals surface area (Å²) in [6, 6.07) is 11.4. The van der Waals surface area contributed by atoms with Gasteiger partial charge in [-0.2, -0.15) is 0 Å². The Labute approximate surface area is 163 Å². The highest BCUT2D eigenvalue weighted by Crippen LogP contribution is 2.42. The third-order valence-electron chi connectivity index (χ3n) is 4.51. The maximum absolute atomic E-state index is 13.4. The lowest BCUT2D eigenvalue weighted by Gasteiger charge is -2.22. The molecule has 1 aliphatic rings. The molecule has 1 atom stereocenters. The summed E-state index contributed by atoms with van der Waals surface area (Å²) in [4.78, 5) is 26.8. The van der Waals surface area contributed by atoms with Gasteiger partial charge < -0.3 is 5.11 Å². The minimum atomic E-state index is -0.935. The number of nitrogens with zero attached hydrogens (tertiary/aromatic N) is 3. The third kappa shape index (κ3) is 2.97. The van der Waals surface area contributed by atoms with Crippen molar-refractivity contribution in [2.24, 2.45) is 0 Å². The molecular weight excluding hydrogens is 381 g/mol. The lowest BCUT2D eigenvalue weighted by atomic mass is 9.95. The Kier molecular flexibility index (Phi) is 4.48. The number of carbonyl (C=O) groups is 2. The van der Waals surface area contributed by atoms with Crippen LogP contribution >= 0.6 is 11.3 Å². The molecular formula is C20H14FN3O3S. The number of amides is 1. The predicted molar refractivity (Wildman–Crippen MR) is 102 cm³/mol. The van der Waals surface area contributed by atoms with Gasteiger partial charge in [0.25, 0.3) is 5.78 Å². The molecule has 28 heavy (non-hydrogen) atoms. The molecule has 0 radical (unpaired) electrons. The van der Waals surface area contributed by atoms with E-state index in [1.807, 2.05) is 6.92 Å². The van der Waals surface area contributed by atoms with Crippen molar-refractivity contribution in [2.45, 2.75) is 13.0 Å². The van der Waals surface area contributed by atoms with Crippen LogP contribution in [0.15, 0.2) is 59.6 Å². The van der Waals surface area contributed by atoms with Crippen molar-refractivity contribution in [3.05, 3.63) is 82.1 Å². The molecule has 0 unspecified atom stereocenters. The zero-order chi connectivity index (χ0) is 19.8. The SMILES string of the molecule is Cc1ccc(/C(O)=C2\C(=O)C(=O)N(c3nncs3)[C@@H]2c2ccc(F)cc2)cc1. The fraction of sp³-hybridized carbons (Fsp3) is 0.100. The summed E-state index contributed by atoms with van der Waals surface area (Å²) in [5.41, 5.74) is 3.24. The molecule has 0 spiro atoms. The van der Waals surface area contributed by atoms with Gasteiger partial charge in [0.2, 0.25) is 5.13 Å². The summed E-state index contributed by atoms with van der Waals surface area (Å²) >= 11 is 1.09. The Hall–Kier alpha value is -3.39. The molecule has 1 fully saturated rings. The molecule has 8 heteroatoms. The van der Waals surface area contributed by atoms with Crippen LogP contribution in [0.2, 0.25) is 0 Å². The molecule has 1 saturated heterocycles. The van der Waals surface area contributed by atoms with E-state index >= 15 is 0 Å². The molecule has 0 saturated carbocycles. The molecule has 2 aromatic carbocycles. The number of aliphatic hydroxyl groups is 1. The van der Waals surface area contributed by atoms with Crippen molar-refractivity contribution >= 4 is 33.9 Å². The third-order valence-corrected chi connectivity index (χ3v) is 5.20. The average molecular weight is 395 g/mol. The van der Waals surface area contributed by atoms with Crippen LogP contribution in [0.1, 0.15) is 22.7 Å². The highest BCUT2D eigenvalue weighted by molar-refractivity contribution is 7.13. The van der Waals surface area contributed by atoms with Gasteiger partial charge in [-0.3, -0.25) is 14.5 Å². The average Bonchev–Trinajstić information content (AvgIpc) is 3.30. The van der Waals surface area contributed by atoms with Gasteiger partial charge in [0.15, 0.2) is 0 Å². The summed E-state index contributed by atoms with van der Waals surface area (Å²) < 4.78 is 13.4. The van der Waals surface area contributed by atoms with Gasteiger partial charge in [-0.1, -0.05) is 53.3 Å². The summed E-state index contributed by atoms with van der Waals surface area (Å²) in [7, 11) is 0. The zero-order valence-electron chi connectivity index (χ0n) is 14.7. The highest BCUT2D eigenvalue weighted by atomic mass is 32.1. The lowest BCUT2D eigenvalue weighted by Crippen LogP contribution is -2.29. The number of carbonyl (C=O) groups excluding carboxylic acids is 2. The number of Topliss-reactive ketones (excluding diaryl/α,β-unsaturated/α-hetero) is 1. The van der Waals surface area contributed by atoms with Crippen molar-refractivity contribution in [3.63, 3.8) is 0 Å². The number of anilines is 1. The fourth-order valence-electron chi connectivity index (χ4n) is 3.13. The van der Waals surface area contributed by atoms with E-state index in [0.717, 1.165) is 16.9 Å². The van der Waals surface area contributed by atoms with Crippen molar-refractivity contribution in [2.75, 3.05) is 4.90 Å². The molecule has 3 aromatic rings. The summed E-state index contributed by atoms with van der Waals surface area (Å²) in [6.45, 7) is 1.90. The quantitative estimate of drug-likeness (QED) is 0.416. The van der Waals surface area contributed by atoms with Crippen molar-refractivity contribution < 1.29 is 19.1 Å². The number of aryl methyl sites for hydroxylation is 1. The van der Waals surface area contributed by atoms with Crippen LogP contribution in [0.25, 0.3) is 5.76 Å². The van der Waals surface area contributed by atoms with Gasteiger partial charge in [-0.25, -0.2) is 4.39 Å². The van der Waals surface area contributed by atoms with Crippen LogP contribution in [0, 0.1) is 12.7 Å². The Morgan fingerprint density at radius 3 is 2.39 bits per heavy atom. The van der Waals surface area contributed by atoms with E-state index in [0.29, 0.717) is 11.1 Å². The van der Waals surface area contributed by atoms with E-state index in [1.165, 1.54) is 34.7 Å². The van der Waals surface area contributed by atoms with Gasteiger partial charge in [0, 0.05) is 5.56 Å². The Bertz CT molecular complexity index is 1080. The summed E-state index contributed by atoms with van der Waals surface area (Å²) in [5.74, 6) is -2.39. The van der Waals surface area contributed by atoms with Crippen molar-refractivity contribution in [1.82, 2.24) is 10.2 Å². The molecule has 4 rings (SSSR count). The minimum absolute atomic E-state index is 0.0735. The smallest absolute Gasteiger partial charge is 0.301 e. The minimum Gasteiger partial charge on any atom is -0.507 e. The Morgan fingerprint density at radius 1 is 1.11 bits per heavy atom. The first kappa shape index (κ1) is 18.0. The standard InChI is InChI=1S/C20H14FN3O3S/c1-11-2-4-13(5-3-11)17(25)15-16(12-6-8-14(21)9-7-12)24(19(27)18(15)26)20-23-22-10-28-20/h2-10,16,25H,1H3/b17-15+/t16-/m1/s1. The topological polar surface area (TPSA) is 83.4 Å². The molecule has 2 heterocycles. The van der Waals surface area contributed by atoms with Gasteiger partial charge in [0.05, 0.1) is 11.6 Å². The number of aromatic nitrogens is 2. The van der Waals surface area contributed by atoms with E-state index in [9.17, 15) is 19.1 Å². The number of hydrogen-bond acceptors (Lipinski definition) is 6. The zero-order valence-corrected chi connectivity index (χ0v) is 15.5. The molecule has 6 nitrogen and oxygen atoms in total. The van der Waals surface area contributed by atoms with Crippen LogP contribution < -0.4 is 4.90 Å². The molecule has 0 aliphatic carbocycles. The second-order valence-electron chi connectivity index (χ2n) is 6.31. The number of rotatable bonds is 3. The van der Waals surface area contributed by atoms with E-state index in [1.54, 1.807) is 24.3 Å². The largest absolute Gasteiger partial charge is 0.507 e. The number of aliphatic hydroxyl groups excluding tert-OH is 1. The molecule has 1 aliphatic heterocycles. The van der Waals surface area contributed by atoms with Gasteiger partial charge in [-0.15, -0.1) is 10.2 Å². The molecule has 1 aromatic heterocycles. The first-order valence-corrected chi connectivity index (χ1v) is 9.25. The molecule has 0 bridgehead atoms. The van der Waals surface area contributed by atoms with Crippen LogP contribution in [0.5, 0.6) is 0 Å². The molecule has 1 N–H and O–H groups in total. The van der Waals surface area contributed by atoms with Gasteiger partial charge in [0.1, 0.15) is 17.1 Å². The van der Waals surface area contributed by atoms with E-state index in [-0.39, 0.29) is 16.5 Å². The summed E-state index contributed by atoms with van der Waals surface area (Å²) in [6.07, 6.45) is 0. The number of hydrogen-bond donors (Lipinski definition) is 1. The van der Waals surface area contributed by atoms with Crippen molar-refractivity contribution in [3.8, 4) is 0 Å². The Morgan fingerprint density at radius 2 is 1.79 bits per heavy atom. The normalized spacial score (nSPS) is 18.6. The Balaban J connectivity index is 1.93. The van der Waals surface area contributed by atoms with Crippen LogP contribution in [-0.4, -0.2) is 27.0 Å². The van der Waals surface area contributed by atoms with Gasteiger partial charge in [-0.05, 0) is 24.6 Å². The second kappa shape index (κ2) is 6.97. The number of ketones is 1. The maximum Gasteiger partial charge on any atom is 0.301 e. The van der Waals surface area contributed by atoms with E-state index in [4.69, 9.17) is 0 Å². The summed E-state index contributed by atoms with van der Waals surface area (Å²) in [5, 5.41) is 18.7. The van der Waals surface area contributed by atoms with Crippen LogP contribution in [0.4, 0.5) is 9.52 Å². The predicted octanol–water partition coefficient (Wildman–Crippen LogP) is 3.61. The molecule has 1 amide bonds. The lowest BCUT2D eigenvalue weighted by molar-refractivity contribution is -0.132. The first-order valence-electron chi connectivity index (χ1n) is 8.37. The van der Waals surface area contributed by atoms with Crippen LogP contribution in [0.3, 0.4) is 0 Å². The van der Waals surface area contributed by atoms with E-state index in [2.05, 4.69) is 10.2 Å². The van der Waals surface area contributed by atoms with E-state index < -0.39 is 23.5 Å². The highest BCUT2D eigenvalue weighted by Gasteiger charge is 2.48. The fourth-order valence-corrected chi connectivity index (χ4v) is 3.71. The first-order chi connectivity index (χ1) is 13.5. The number of benzene rings is 2.